The highest BCUT2D eigenvalue weighted by Crippen LogP contribution is 2.17. The van der Waals surface area contributed by atoms with Gasteiger partial charge in [0, 0.05) is 17.5 Å². The van der Waals surface area contributed by atoms with Crippen LogP contribution < -0.4 is 10.6 Å². The zero-order valence-corrected chi connectivity index (χ0v) is 19.4. The number of benzene rings is 3. The first-order chi connectivity index (χ1) is 16.7. The van der Waals surface area contributed by atoms with Crippen LogP contribution in [-0.4, -0.2) is 16.8 Å². The van der Waals surface area contributed by atoms with Crippen LogP contribution in [0.4, 0.5) is 5.13 Å². The molecule has 6 nitrogen and oxygen atoms in total. The minimum Gasteiger partial charge on any atom is -0.372 e. The lowest BCUT2D eigenvalue weighted by Crippen LogP contribution is -2.24. The zero-order valence-electron chi connectivity index (χ0n) is 18.6. The Bertz CT molecular complexity index is 1210. The van der Waals surface area contributed by atoms with Crippen molar-refractivity contribution in [1.82, 2.24) is 10.3 Å². The Kier molecular flexibility index (Phi) is 8.16. The average molecular weight is 472 g/mol. The Morgan fingerprint density at radius 2 is 1.41 bits per heavy atom. The van der Waals surface area contributed by atoms with Gasteiger partial charge in [-0.3, -0.25) is 14.9 Å². The Morgan fingerprint density at radius 3 is 2.12 bits per heavy atom. The van der Waals surface area contributed by atoms with Crippen molar-refractivity contribution >= 4 is 28.3 Å². The van der Waals surface area contributed by atoms with Gasteiger partial charge in [-0.2, -0.15) is 0 Å². The summed E-state index contributed by atoms with van der Waals surface area (Å²) in [7, 11) is 0. The van der Waals surface area contributed by atoms with Gasteiger partial charge in [-0.15, -0.1) is 11.3 Å². The van der Waals surface area contributed by atoms with Gasteiger partial charge >= 0.3 is 0 Å². The van der Waals surface area contributed by atoms with Crippen LogP contribution in [0.5, 0.6) is 0 Å². The summed E-state index contributed by atoms with van der Waals surface area (Å²) in [5.74, 6) is -0.346. The first-order valence-corrected chi connectivity index (χ1v) is 11.8. The van der Waals surface area contributed by atoms with Crippen molar-refractivity contribution in [2.45, 2.75) is 26.2 Å². The number of amides is 2. The lowest BCUT2D eigenvalue weighted by Gasteiger charge is -2.07. The molecule has 0 aliphatic rings. The van der Waals surface area contributed by atoms with Crippen LogP contribution in [0.2, 0.25) is 0 Å². The maximum absolute atomic E-state index is 12.3. The van der Waals surface area contributed by atoms with Crippen LogP contribution in [0.15, 0.2) is 90.3 Å². The SMILES string of the molecule is O=C(Cc1csc(NC(=O)c2ccccc2)n1)NCc1ccc(COCc2ccccc2)cc1. The number of ether oxygens (including phenoxy) is 1. The molecule has 0 unspecified atom stereocenters. The maximum atomic E-state index is 12.3. The lowest BCUT2D eigenvalue weighted by atomic mass is 10.1. The number of thiazole rings is 1. The molecular weight excluding hydrogens is 446 g/mol. The summed E-state index contributed by atoms with van der Waals surface area (Å²) in [6, 6.07) is 27.0. The van der Waals surface area contributed by atoms with Gasteiger partial charge in [0.1, 0.15) is 0 Å². The van der Waals surface area contributed by atoms with E-state index in [4.69, 9.17) is 4.74 Å². The molecule has 3 aromatic carbocycles. The van der Waals surface area contributed by atoms with E-state index in [0.717, 1.165) is 16.7 Å². The third-order valence-corrected chi connectivity index (χ3v) is 5.85. The standard InChI is InChI=1S/C27H25N3O3S/c31-25(15-24-19-34-27(29-24)30-26(32)23-9-5-2-6-10-23)28-16-20-11-13-22(14-12-20)18-33-17-21-7-3-1-4-8-21/h1-14,19H,15-18H2,(H,28,31)(H,29,30,32). The first kappa shape index (κ1) is 23.4. The summed E-state index contributed by atoms with van der Waals surface area (Å²) in [4.78, 5) is 28.9. The highest BCUT2D eigenvalue weighted by molar-refractivity contribution is 7.14. The Balaban J connectivity index is 1.18. The normalized spacial score (nSPS) is 10.6. The summed E-state index contributed by atoms with van der Waals surface area (Å²) < 4.78 is 5.76. The van der Waals surface area contributed by atoms with Crippen molar-refractivity contribution in [2.24, 2.45) is 0 Å². The number of aromatic nitrogens is 1. The van der Waals surface area contributed by atoms with Crippen molar-refractivity contribution in [3.8, 4) is 0 Å². The molecule has 0 spiro atoms. The van der Waals surface area contributed by atoms with Crippen LogP contribution in [0.25, 0.3) is 0 Å². The second kappa shape index (κ2) is 11.9. The van der Waals surface area contributed by atoms with Crippen molar-refractivity contribution in [3.05, 3.63) is 118 Å². The summed E-state index contributed by atoms with van der Waals surface area (Å²) >= 11 is 1.30. The van der Waals surface area contributed by atoms with Crippen molar-refractivity contribution < 1.29 is 14.3 Å². The molecule has 34 heavy (non-hydrogen) atoms. The van der Waals surface area contributed by atoms with Crippen LogP contribution in [-0.2, 0) is 35.7 Å². The highest BCUT2D eigenvalue weighted by Gasteiger charge is 2.11. The molecule has 172 valence electrons. The van der Waals surface area contributed by atoms with Crippen molar-refractivity contribution in [3.63, 3.8) is 0 Å². The lowest BCUT2D eigenvalue weighted by molar-refractivity contribution is -0.120. The summed E-state index contributed by atoms with van der Waals surface area (Å²) in [6.07, 6.45) is 0.156. The van der Waals surface area contributed by atoms with Crippen LogP contribution >= 0.6 is 11.3 Å². The average Bonchev–Trinajstić information content (AvgIpc) is 3.31. The van der Waals surface area contributed by atoms with Gasteiger partial charge in [-0.05, 0) is 28.8 Å². The molecule has 0 fully saturated rings. The molecular formula is C27H25N3O3S. The fourth-order valence-electron chi connectivity index (χ4n) is 3.25. The molecule has 0 aliphatic heterocycles. The molecule has 0 aliphatic carbocycles. The van der Waals surface area contributed by atoms with Gasteiger partial charge in [-0.25, -0.2) is 4.98 Å². The third kappa shape index (κ3) is 7.10. The molecule has 0 bridgehead atoms. The van der Waals surface area contributed by atoms with E-state index in [0.29, 0.717) is 36.1 Å². The zero-order chi connectivity index (χ0) is 23.6. The molecule has 1 heterocycles. The molecule has 2 amide bonds. The fraction of sp³-hybridized carbons (Fsp3) is 0.148. The molecule has 2 N–H and O–H groups in total. The number of carbonyl (C=O) groups excluding carboxylic acids is 2. The first-order valence-electron chi connectivity index (χ1n) is 10.9. The minimum atomic E-state index is -0.222. The number of nitrogens with zero attached hydrogens (tertiary/aromatic N) is 1. The van der Waals surface area contributed by atoms with E-state index in [1.165, 1.54) is 11.3 Å². The van der Waals surface area contributed by atoms with Crippen LogP contribution in [0, 0.1) is 0 Å². The summed E-state index contributed by atoms with van der Waals surface area (Å²) in [5, 5.41) is 7.94. The molecule has 4 rings (SSSR count). The smallest absolute Gasteiger partial charge is 0.257 e. The van der Waals surface area contributed by atoms with Gasteiger partial charge in [0.15, 0.2) is 5.13 Å². The predicted molar refractivity (Wildman–Crippen MR) is 133 cm³/mol. The van der Waals surface area contributed by atoms with E-state index >= 15 is 0 Å². The Morgan fingerprint density at radius 1 is 0.794 bits per heavy atom. The Labute approximate surface area is 202 Å². The number of nitrogens with one attached hydrogen (secondary N) is 2. The monoisotopic (exact) mass is 471 g/mol. The number of hydrogen-bond donors (Lipinski definition) is 2. The molecule has 7 heteroatoms. The van der Waals surface area contributed by atoms with Gasteiger partial charge in [0.25, 0.3) is 5.91 Å². The van der Waals surface area contributed by atoms with Crippen LogP contribution in [0.1, 0.15) is 32.7 Å². The van der Waals surface area contributed by atoms with Crippen molar-refractivity contribution in [2.75, 3.05) is 5.32 Å². The number of anilines is 1. The molecule has 0 radical (unpaired) electrons. The number of rotatable bonds is 10. The van der Waals surface area contributed by atoms with E-state index < -0.39 is 0 Å². The fourth-order valence-corrected chi connectivity index (χ4v) is 3.95. The largest absolute Gasteiger partial charge is 0.372 e. The minimum absolute atomic E-state index is 0.124. The summed E-state index contributed by atoms with van der Waals surface area (Å²) in [5.41, 5.74) is 4.42. The molecule has 0 saturated carbocycles. The number of hydrogen-bond acceptors (Lipinski definition) is 5. The second-order valence-electron chi connectivity index (χ2n) is 7.71. The topological polar surface area (TPSA) is 80.3 Å². The van der Waals surface area contributed by atoms with E-state index in [9.17, 15) is 9.59 Å². The third-order valence-electron chi connectivity index (χ3n) is 5.04. The predicted octanol–water partition coefficient (Wildman–Crippen LogP) is 4.97. The van der Waals surface area contributed by atoms with E-state index in [1.807, 2.05) is 60.7 Å². The van der Waals surface area contributed by atoms with Gasteiger partial charge in [-0.1, -0.05) is 72.8 Å². The molecule has 0 atom stereocenters. The van der Waals surface area contributed by atoms with Gasteiger partial charge in [0.2, 0.25) is 5.91 Å². The van der Waals surface area contributed by atoms with E-state index in [-0.39, 0.29) is 18.2 Å². The molecule has 1 aromatic heterocycles. The van der Waals surface area contributed by atoms with Crippen molar-refractivity contribution in [1.29, 1.82) is 0 Å². The van der Waals surface area contributed by atoms with E-state index in [1.54, 1.807) is 29.6 Å². The highest BCUT2D eigenvalue weighted by atomic mass is 32.1. The van der Waals surface area contributed by atoms with Crippen LogP contribution in [0.3, 0.4) is 0 Å². The van der Waals surface area contributed by atoms with Gasteiger partial charge < -0.3 is 10.1 Å². The Hall–Kier alpha value is -3.81. The second-order valence-corrected chi connectivity index (χ2v) is 8.57. The van der Waals surface area contributed by atoms with Gasteiger partial charge in [0.05, 0.1) is 25.3 Å². The quantitative estimate of drug-likeness (QED) is 0.342. The summed E-state index contributed by atoms with van der Waals surface area (Å²) in [6.45, 7) is 1.55. The molecule has 4 aromatic rings. The van der Waals surface area contributed by atoms with E-state index in [2.05, 4.69) is 15.6 Å². The maximum Gasteiger partial charge on any atom is 0.257 e. The number of carbonyl (C=O) groups is 2. The molecule has 0 saturated heterocycles.